The van der Waals surface area contributed by atoms with Crippen molar-refractivity contribution in [3.05, 3.63) is 51.5 Å². The molecule has 2 aromatic carbocycles. The van der Waals surface area contributed by atoms with E-state index in [1.54, 1.807) is 36.4 Å². The molecule has 0 unspecified atom stereocenters. The Morgan fingerprint density at radius 1 is 0.778 bits per heavy atom. The maximum Gasteiger partial charge on any atom is 0.106 e. The molecule has 0 aliphatic rings. The van der Waals surface area contributed by atoms with Gasteiger partial charge in [-0.3, -0.25) is 0 Å². The molecule has 0 bridgehead atoms. The molecule has 0 radical (unpaired) electrons. The standard InChI is InChI=1S/C12H8Cl3N3/c13-9-5-6-10(12(15)11(9)14)18-17-8-3-1-7(16)2-4-8/h1-6H,16H2. The fourth-order valence-corrected chi connectivity index (χ4v) is 1.81. The van der Waals surface area contributed by atoms with Gasteiger partial charge in [0.05, 0.1) is 20.8 Å². The monoisotopic (exact) mass is 299 g/mol. The van der Waals surface area contributed by atoms with Crippen LogP contribution in [0.4, 0.5) is 17.1 Å². The summed E-state index contributed by atoms with van der Waals surface area (Å²) in [5.74, 6) is 0. The molecule has 0 aromatic heterocycles. The van der Waals surface area contributed by atoms with Crippen LogP contribution in [-0.2, 0) is 0 Å². The molecule has 0 saturated heterocycles. The molecule has 2 N–H and O–H groups in total. The second kappa shape index (κ2) is 5.57. The van der Waals surface area contributed by atoms with Crippen LogP contribution < -0.4 is 5.73 Å². The number of anilines is 1. The number of hydrogen-bond acceptors (Lipinski definition) is 3. The van der Waals surface area contributed by atoms with Crippen LogP contribution in [-0.4, -0.2) is 0 Å². The lowest BCUT2D eigenvalue weighted by atomic mass is 10.3. The highest BCUT2D eigenvalue weighted by molar-refractivity contribution is 6.49. The van der Waals surface area contributed by atoms with Crippen LogP contribution in [0, 0.1) is 0 Å². The summed E-state index contributed by atoms with van der Waals surface area (Å²) in [5.41, 5.74) is 7.37. The molecule has 0 spiro atoms. The molecule has 0 amide bonds. The molecule has 2 rings (SSSR count). The molecule has 92 valence electrons. The second-order valence-corrected chi connectivity index (χ2v) is 4.65. The van der Waals surface area contributed by atoms with E-state index in [1.807, 2.05) is 0 Å². The van der Waals surface area contributed by atoms with Gasteiger partial charge in [0.2, 0.25) is 0 Å². The van der Waals surface area contributed by atoms with Crippen molar-refractivity contribution in [3.8, 4) is 0 Å². The SMILES string of the molecule is Nc1ccc(N=Nc2ccc(Cl)c(Cl)c2Cl)cc1. The van der Waals surface area contributed by atoms with Crippen molar-refractivity contribution in [1.82, 2.24) is 0 Å². The lowest BCUT2D eigenvalue weighted by Crippen LogP contribution is -1.80. The Bertz CT molecular complexity index is 594. The van der Waals surface area contributed by atoms with E-state index in [0.29, 0.717) is 22.1 Å². The van der Waals surface area contributed by atoms with Crippen molar-refractivity contribution in [2.45, 2.75) is 0 Å². The van der Waals surface area contributed by atoms with E-state index in [0.717, 1.165) is 0 Å². The Hall–Kier alpha value is -1.29. The second-order valence-electron chi connectivity index (χ2n) is 3.49. The number of halogens is 3. The smallest absolute Gasteiger partial charge is 0.106 e. The average molecular weight is 301 g/mol. The number of benzene rings is 2. The molecule has 0 heterocycles. The normalized spacial score (nSPS) is 11.1. The highest BCUT2D eigenvalue weighted by Gasteiger charge is 2.07. The fourth-order valence-electron chi connectivity index (χ4n) is 1.25. The predicted octanol–water partition coefficient (Wildman–Crippen LogP) is 5.64. The van der Waals surface area contributed by atoms with Crippen LogP contribution in [0.25, 0.3) is 0 Å². The topological polar surface area (TPSA) is 50.7 Å². The van der Waals surface area contributed by atoms with Crippen molar-refractivity contribution < 1.29 is 0 Å². The van der Waals surface area contributed by atoms with Gasteiger partial charge in [-0.25, -0.2) is 0 Å². The number of hydrogen-bond donors (Lipinski definition) is 1. The Labute approximate surface area is 119 Å². The van der Waals surface area contributed by atoms with Gasteiger partial charge in [0, 0.05) is 5.69 Å². The van der Waals surface area contributed by atoms with Gasteiger partial charge in [0.25, 0.3) is 0 Å². The Kier molecular flexibility index (Phi) is 4.07. The van der Waals surface area contributed by atoms with E-state index in [2.05, 4.69) is 10.2 Å². The van der Waals surface area contributed by atoms with E-state index >= 15 is 0 Å². The molecule has 0 aliphatic carbocycles. The Morgan fingerprint density at radius 3 is 2.11 bits per heavy atom. The van der Waals surface area contributed by atoms with Crippen molar-refractivity contribution in [2.24, 2.45) is 10.2 Å². The maximum atomic E-state index is 6.00. The van der Waals surface area contributed by atoms with Crippen LogP contribution in [0.1, 0.15) is 0 Å². The van der Waals surface area contributed by atoms with Gasteiger partial charge in [0.15, 0.2) is 0 Å². The van der Waals surface area contributed by atoms with E-state index in [4.69, 9.17) is 40.5 Å². The van der Waals surface area contributed by atoms with Crippen LogP contribution in [0.15, 0.2) is 46.6 Å². The lowest BCUT2D eigenvalue weighted by Gasteiger charge is -2.01. The number of rotatable bonds is 2. The quantitative estimate of drug-likeness (QED) is 0.435. The van der Waals surface area contributed by atoms with Crippen LogP contribution in [0.3, 0.4) is 0 Å². The van der Waals surface area contributed by atoms with Gasteiger partial charge in [-0.15, -0.1) is 5.11 Å². The van der Waals surface area contributed by atoms with Gasteiger partial charge in [-0.05, 0) is 36.4 Å². The van der Waals surface area contributed by atoms with E-state index in [1.165, 1.54) is 0 Å². The summed E-state index contributed by atoms with van der Waals surface area (Å²) in [6.45, 7) is 0. The van der Waals surface area contributed by atoms with E-state index in [9.17, 15) is 0 Å². The largest absolute Gasteiger partial charge is 0.399 e. The summed E-state index contributed by atoms with van der Waals surface area (Å²) in [7, 11) is 0. The molecule has 2 aromatic rings. The highest BCUT2D eigenvalue weighted by atomic mass is 35.5. The van der Waals surface area contributed by atoms with Crippen molar-refractivity contribution in [3.63, 3.8) is 0 Å². The number of nitrogens with two attached hydrogens (primary N) is 1. The molecular weight excluding hydrogens is 293 g/mol. The van der Waals surface area contributed by atoms with Gasteiger partial charge in [-0.2, -0.15) is 5.11 Å². The molecule has 18 heavy (non-hydrogen) atoms. The number of nitrogens with zero attached hydrogens (tertiary/aromatic N) is 2. The fraction of sp³-hybridized carbons (Fsp3) is 0. The van der Waals surface area contributed by atoms with Gasteiger partial charge in [0.1, 0.15) is 5.69 Å². The summed E-state index contributed by atoms with van der Waals surface area (Å²) in [6, 6.07) is 10.3. The molecule has 0 fully saturated rings. The van der Waals surface area contributed by atoms with Crippen molar-refractivity contribution in [1.29, 1.82) is 0 Å². The van der Waals surface area contributed by atoms with Crippen molar-refractivity contribution >= 4 is 51.9 Å². The van der Waals surface area contributed by atoms with Crippen LogP contribution >= 0.6 is 34.8 Å². The molecule has 0 aliphatic heterocycles. The first kappa shape index (κ1) is 13.1. The molecule has 3 nitrogen and oxygen atoms in total. The third-order valence-corrected chi connectivity index (χ3v) is 3.46. The first-order chi connectivity index (χ1) is 8.58. The third kappa shape index (κ3) is 2.93. The predicted molar refractivity (Wildman–Crippen MR) is 76.5 cm³/mol. The Morgan fingerprint density at radius 2 is 1.44 bits per heavy atom. The maximum absolute atomic E-state index is 6.00. The number of azo groups is 1. The summed E-state index contributed by atoms with van der Waals surface area (Å²) in [5, 5.41) is 8.98. The average Bonchev–Trinajstić information content (AvgIpc) is 2.37. The summed E-state index contributed by atoms with van der Waals surface area (Å²) in [4.78, 5) is 0. The minimum atomic E-state index is 0.270. The van der Waals surface area contributed by atoms with Crippen LogP contribution in [0.2, 0.25) is 15.1 Å². The van der Waals surface area contributed by atoms with Gasteiger partial charge in [-0.1, -0.05) is 34.8 Å². The summed E-state index contributed by atoms with van der Waals surface area (Å²) < 4.78 is 0. The zero-order valence-electron chi connectivity index (χ0n) is 9.07. The van der Waals surface area contributed by atoms with E-state index in [-0.39, 0.29) is 10.0 Å². The lowest BCUT2D eigenvalue weighted by molar-refractivity contribution is 1.23. The zero-order chi connectivity index (χ0) is 13.1. The molecule has 0 atom stereocenters. The summed E-state index contributed by atoms with van der Waals surface area (Å²) >= 11 is 17.7. The first-order valence-electron chi connectivity index (χ1n) is 4.98. The van der Waals surface area contributed by atoms with Crippen LogP contribution in [0.5, 0.6) is 0 Å². The molecular formula is C12H8Cl3N3. The Balaban J connectivity index is 2.29. The zero-order valence-corrected chi connectivity index (χ0v) is 11.3. The van der Waals surface area contributed by atoms with Crippen molar-refractivity contribution in [2.75, 3.05) is 5.73 Å². The molecule has 0 saturated carbocycles. The van der Waals surface area contributed by atoms with Gasteiger partial charge < -0.3 is 5.73 Å². The highest BCUT2D eigenvalue weighted by Crippen LogP contribution is 2.37. The minimum absolute atomic E-state index is 0.270. The minimum Gasteiger partial charge on any atom is -0.399 e. The first-order valence-corrected chi connectivity index (χ1v) is 6.12. The van der Waals surface area contributed by atoms with Gasteiger partial charge >= 0.3 is 0 Å². The number of nitrogen functional groups attached to an aromatic ring is 1. The third-order valence-electron chi connectivity index (χ3n) is 2.18. The summed E-state index contributed by atoms with van der Waals surface area (Å²) in [6.07, 6.45) is 0. The van der Waals surface area contributed by atoms with E-state index < -0.39 is 0 Å². The molecule has 6 heteroatoms.